The largest absolute Gasteiger partial charge is 0.396 e. The molecule has 0 bridgehead atoms. The van der Waals surface area contributed by atoms with Crippen molar-refractivity contribution >= 4 is 0 Å². The molecule has 1 unspecified atom stereocenters. The highest BCUT2D eigenvalue weighted by molar-refractivity contribution is 5.26. The zero-order valence-corrected chi connectivity index (χ0v) is 9.81. The molecule has 0 heterocycles. The Hall–Kier alpha value is -1.74. The van der Waals surface area contributed by atoms with Gasteiger partial charge in [-0.2, -0.15) is 0 Å². The van der Waals surface area contributed by atoms with Crippen LogP contribution in [0.1, 0.15) is 17.0 Å². The lowest BCUT2D eigenvalue weighted by atomic mass is 9.92. The van der Waals surface area contributed by atoms with E-state index >= 15 is 0 Å². The van der Waals surface area contributed by atoms with Gasteiger partial charge in [0, 0.05) is 5.92 Å². The van der Waals surface area contributed by atoms with Crippen LogP contribution in [0.25, 0.3) is 0 Å². The molecule has 1 N–H and O–H groups in total. The van der Waals surface area contributed by atoms with Gasteiger partial charge in [-0.15, -0.1) is 0 Å². The summed E-state index contributed by atoms with van der Waals surface area (Å²) in [7, 11) is 0. The molecule has 2 aromatic rings. The van der Waals surface area contributed by atoms with E-state index in [2.05, 4.69) is 0 Å². The lowest BCUT2D eigenvalue weighted by Gasteiger charge is -2.15. The molecule has 2 aromatic carbocycles. The standard InChI is InChI=1S/C15H14F2O/c16-13-5-3-4-11(9-13)8-12(10-18)14-6-1-2-7-15(14)17/h1-7,9,12,18H,8,10H2. The molecule has 0 saturated carbocycles. The summed E-state index contributed by atoms with van der Waals surface area (Å²) in [5.74, 6) is -1.02. The van der Waals surface area contributed by atoms with Crippen molar-refractivity contribution in [3.63, 3.8) is 0 Å². The van der Waals surface area contributed by atoms with E-state index in [1.165, 1.54) is 18.2 Å². The highest BCUT2D eigenvalue weighted by atomic mass is 19.1. The second-order valence-electron chi connectivity index (χ2n) is 4.24. The SMILES string of the molecule is OCC(Cc1cccc(F)c1)c1ccccc1F. The zero-order valence-electron chi connectivity index (χ0n) is 9.81. The molecular formula is C15H14F2O. The van der Waals surface area contributed by atoms with Crippen LogP contribution in [0.5, 0.6) is 0 Å². The molecule has 1 atom stereocenters. The topological polar surface area (TPSA) is 20.2 Å². The summed E-state index contributed by atoms with van der Waals surface area (Å²) in [5.41, 5.74) is 1.21. The third-order valence-electron chi connectivity index (χ3n) is 2.94. The normalized spacial score (nSPS) is 12.4. The van der Waals surface area contributed by atoms with Gasteiger partial charge in [0.2, 0.25) is 0 Å². The Morgan fingerprint density at radius 1 is 1.00 bits per heavy atom. The predicted molar refractivity (Wildman–Crippen MR) is 66.3 cm³/mol. The van der Waals surface area contributed by atoms with Crippen LogP contribution in [-0.2, 0) is 6.42 Å². The zero-order chi connectivity index (χ0) is 13.0. The molecular weight excluding hydrogens is 234 g/mol. The Morgan fingerprint density at radius 3 is 2.44 bits per heavy atom. The third-order valence-corrected chi connectivity index (χ3v) is 2.94. The third kappa shape index (κ3) is 2.93. The summed E-state index contributed by atoms with van der Waals surface area (Å²) >= 11 is 0. The van der Waals surface area contributed by atoms with Gasteiger partial charge >= 0.3 is 0 Å². The molecule has 18 heavy (non-hydrogen) atoms. The minimum Gasteiger partial charge on any atom is -0.396 e. The molecule has 0 saturated heterocycles. The maximum absolute atomic E-state index is 13.6. The van der Waals surface area contributed by atoms with E-state index < -0.39 is 0 Å². The Labute approximate surface area is 105 Å². The van der Waals surface area contributed by atoms with Gasteiger partial charge in [0.25, 0.3) is 0 Å². The summed E-state index contributed by atoms with van der Waals surface area (Å²) in [4.78, 5) is 0. The smallest absolute Gasteiger partial charge is 0.126 e. The van der Waals surface area contributed by atoms with Crippen LogP contribution in [-0.4, -0.2) is 11.7 Å². The first-order chi connectivity index (χ1) is 8.70. The van der Waals surface area contributed by atoms with E-state index in [9.17, 15) is 13.9 Å². The van der Waals surface area contributed by atoms with Crippen molar-refractivity contribution < 1.29 is 13.9 Å². The second-order valence-corrected chi connectivity index (χ2v) is 4.24. The van der Waals surface area contributed by atoms with Gasteiger partial charge < -0.3 is 5.11 Å². The average molecular weight is 248 g/mol. The summed E-state index contributed by atoms with van der Waals surface area (Å²) in [6, 6.07) is 12.5. The first kappa shape index (κ1) is 12.7. The number of rotatable bonds is 4. The van der Waals surface area contributed by atoms with Crippen LogP contribution in [0.3, 0.4) is 0 Å². The molecule has 0 spiro atoms. The number of hydrogen-bond donors (Lipinski definition) is 1. The average Bonchev–Trinajstić information content (AvgIpc) is 2.37. The number of aliphatic hydroxyl groups excluding tert-OH is 1. The predicted octanol–water partition coefficient (Wildman–Crippen LogP) is 3.28. The fourth-order valence-electron chi connectivity index (χ4n) is 2.03. The first-order valence-electron chi connectivity index (χ1n) is 5.80. The highest BCUT2D eigenvalue weighted by Crippen LogP contribution is 2.23. The fourth-order valence-corrected chi connectivity index (χ4v) is 2.03. The first-order valence-corrected chi connectivity index (χ1v) is 5.80. The lowest BCUT2D eigenvalue weighted by Crippen LogP contribution is -2.09. The van der Waals surface area contributed by atoms with Crippen molar-refractivity contribution in [2.75, 3.05) is 6.61 Å². The van der Waals surface area contributed by atoms with E-state index in [0.29, 0.717) is 12.0 Å². The molecule has 0 radical (unpaired) electrons. The second kappa shape index (κ2) is 5.74. The summed E-state index contributed by atoms with van der Waals surface area (Å²) in [5, 5.41) is 9.37. The van der Waals surface area contributed by atoms with Crippen molar-refractivity contribution in [2.45, 2.75) is 12.3 Å². The van der Waals surface area contributed by atoms with Crippen LogP contribution in [0, 0.1) is 11.6 Å². The highest BCUT2D eigenvalue weighted by Gasteiger charge is 2.15. The van der Waals surface area contributed by atoms with Gasteiger partial charge in [-0.3, -0.25) is 0 Å². The quantitative estimate of drug-likeness (QED) is 0.880. The van der Waals surface area contributed by atoms with Crippen molar-refractivity contribution in [1.82, 2.24) is 0 Å². The lowest BCUT2D eigenvalue weighted by molar-refractivity contribution is 0.261. The summed E-state index contributed by atoms with van der Waals surface area (Å²) in [6.07, 6.45) is 0.412. The summed E-state index contributed by atoms with van der Waals surface area (Å²) < 4.78 is 26.7. The monoisotopic (exact) mass is 248 g/mol. The number of benzene rings is 2. The van der Waals surface area contributed by atoms with Gasteiger partial charge in [0.15, 0.2) is 0 Å². The van der Waals surface area contributed by atoms with Crippen LogP contribution in [0.2, 0.25) is 0 Å². The maximum Gasteiger partial charge on any atom is 0.126 e. The van der Waals surface area contributed by atoms with Crippen molar-refractivity contribution in [2.24, 2.45) is 0 Å². The molecule has 3 heteroatoms. The number of hydrogen-bond acceptors (Lipinski definition) is 1. The van der Waals surface area contributed by atoms with E-state index in [4.69, 9.17) is 0 Å². The Bertz CT molecular complexity index is 525. The number of aliphatic hydroxyl groups is 1. The molecule has 0 aliphatic rings. The molecule has 2 rings (SSSR count). The van der Waals surface area contributed by atoms with Crippen molar-refractivity contribution in [3.8, 4) is 0 Å². The van der Waals surface area contributed by atoms with Gasteiger partial charge in [0.1, 0.15) is 11.6 Å². The van der Waals surface area contributed by atoms with Crippen molar-refractivity contribution in [3.05, 3.63) is 71.3 Å². The van der Waals surface area contributed by atoms with E-state index in [-0.39, 0.29) is 24.2 Å². The van der Waals surface area contributed by atoms with Gasteiger partial charge in [0.05, 0.1) is 6.61 Å². The number of halogens is 2. The molecule has 0 fully saturated rings. The Balaban J connectivity index is 2.23. The maximum atomic E-state index is 13.6. The van der Waals surface area contributed by atoms with E-state index in [1.54, 1.807) is 30.3 Å². The molecule has 94 valence electrons. The van der Waals surface area contributed by atoms with E-state index in [1.807, 2.05) is 0 Å². The molecule has 0 aliphatic heterocycles. The molecule has 0 amide bonds. The molecule has 0 aromatic heterocycles. The van der Waals surface area contributed by atoms with Crippen molar-refractivity contribution in [1.29, 1.82) is 0 Å². The molecule has 1 nitrogen and oxygen atoms in total. The Morgan fingerprint density at radius 2 is 1.78 bits per heavy atom. The van der Waals surface area contributed by atoms with E-state index in [0.717, 1.165) is 5.56 Å². The fraction of sp³-hybridized carbons (Fsp3) is 0.200. The Kier molecular flexibility index (Phi) is 4.05. The minimum atomic E-state index is -0.354. The van der Waals surface area contributed by atoms with Crippen LogP contribution in [0.4, 0.5) is 8.78 Å². The van der Waals surface area contributed by atoms with Gasteiger partial charge in [-0.05, 0) is 35.7 Å². The van der Waals surface area contributed by atoms with Crippen LogP contribution in [0.15, 0.2) is 48.5 Å². The minimum absolute atomic E-state index is 0.169. The van der Waals surface area contributed by atoms with Gasteiger partial charge in [-0.25, -0.2) is 8.78 Å². The van der Waals surface area contributed by atoms with Crippen LogP contribution < -0.4 is 0 Å². The van der Waals surface area contributed by atoms with Crippen LogP contribution >= 0.6 is 0 Å². The molecule has 0 aliphatic carbocycles. The van der Waals surface area contributed by atoms with Gasteiger partial charge in [-0.1, -0.05) is 30.3 Å². The summed E-state index contributed by atoms with van der Waals surface area (Å²) in [6.45, 7) is -0.169.